The van der Waals surface area contributed by atoms with Gasteiger partial charge in [0.05, 0.1) is 11.8 Å². The van der Waals surface area contributed by atoms with Crippen LogP contribution in [0.3, 0.4) is 0 Å². The third kappa shape index (κ3) is 1.82. The number of imide groups is 1. The van der Waals surface area contributed by atoms with E-state index in [0.717, 1.165) is 12.0 Å². The summed E-state index contributed by atoms with van der Waals surface area (Å²) in [6, 6.07) is 9.89. The summed E-state index contributed by atoms with van der Waals surface area (Å²) in [4.78, 5) is 31.0. The number of allylic oxidation sites excluding steroid dienone is 2. The number of nitrogens with one attached hydrogen (secondary N) is 1. The predicted octanol–water partition coefficient (Wildman–Crippen LogP) is 1.71. The lowest BCUT2D eigenvalue weighted by atomic mass is 9.85. The Hall–Kier alpha value is -2.76. The SMILES string of the molecule is O=C1C2C3C=CC(C3)C2C(=O)N1c1n[nH]c(Cc2ccccc2)n1. The summed E-state index contributed by atoms with van der Waals surface area (Å²) < 4.78 is 0. The first-order valence-electron chi connectivity index (χ1n) is 8.24. The van der Waals surface area contributed by atoms with E-state index in [-0.39, 0.29) is 41.4 Å². The first-order chi connectivity index (χ1) is 11.7. The van der Waals surface area contributed by atoms with Gasteiger partial charge in [0.1, 0.15) is 5.82 Å². The average Bonchev–Trinajstić information content (AvgIpc) is 3.34. The van der Waals surface area contributed by atoms with E-state index < -0.39 is 0 Å². The number of benzene rings is 1. The molecule has 1 aromatic carbocycles. The van der Waals surface area contributed by atoms with Gasteiger partial charge in [0.15, 0.2) is 0 Å². The van der Waals surface area contributed by atoms with Gasteiger partial charge in [-0.25, -0.2) is 4.90 Å². The van der Waals surface area contributed by atoms with Crippen LogP contribution in [0.4, 0.5) is 5.95 Å². The molecular weight excluding hydrogens is 304 g/mol. The summed E-state index contributed by atoms with van der Waals surface area (Å²) in [5, 5.41) is 6.97. The van der Waals surface area contributed by atoms with Crippen molar-refractivity contribution in [3.8, 4) is 0 Å². The van der Waals surface area contributed by atoms with Crippen LogP contribution in [0.2, 0.25) is 0 Å². The first kappa shape index (κ1) is 13.7. The molecule has 3 aliphatic rings. The summed E-state index contributed by atoms with van der Waals surface area (Å²) >= 11 is 0. The molecule has 2 aliphatic carbocycles. The summed E-state index contributed by atoms with van der Waals surface area (Å²) in [5.74, 6) is 0.499. The second kappa shape index (κ2) is 4.87. The topological polar surface area (TPSA) is 79.0 Å². The minimum absolute atomic E-state index is 0.146. The van der Waals surface area contributed by atoms with Crippen molar-refractivity contribution in [2.24, 2.45) is 23.7 Å². The monoisotopic (exact) mass is 320 g/mol. The molecule has 2 heterocycles. The number of rotatable bonds is 3. The Morgan fingerprint density at radius 1 is 1.04 bits per heavy atom. The quantitative estimate of drug-likeness (QED) is 0.690. The highest BCUT2D eigenvalue weighted by Crippen LogP contribution is 2.52. The van der Waals surface area contributed by atoms with Gasteiger partial charge in [-0.05, 0) is 23.8 Å². The standard InChI is InChI=1S/C18H16N4O2/c23-16-14-11-6-7-12(9-11)15(14)17(24)22(16)18-19-13(20-21-18)8-10-4-2-1-3-5-10/h1-7,11-12,14-15H,8-9H2,(H,19,20,21). The fourth-order valence-electron chi connectivity index (χ4n) is 4.35. The van der Waals surface area contributed by atoms with Crippen molar-refractivity contribution in [3.05, 3.63) is 53.9 Å². The van der Waals surface area contributed by atoms with Crippen molar-refractivity contribution in [2.45, 2.75) is 12.8 Å². The van der Waals surface area contributed by atoms with E-state index in [2.05, 4.69) is 27.3 Å². The zero-order chi connectivity index (χ0) is 16.3. The van der Waals surface area contributed by atoms with Crippen LogP contribution in [0.15, 0.2) is 42.5 Å². The van der Waals surface area contributed by atoms with Gasteiger partial charge in [0.25, 0.3) is 5.95 Å². The smallest absolute Gasteiger partial charge is 0.258 e. The number of amides is 2. The van der Waals surface area contributed by atoms with Gasteiger partial charge in [-0.2, -0.15) is 4.98 Å². The van der Waals surface area contributed by atoms with Crippen LogP contribution in [0, 0.1) is 23.7 Å². The second-order valence-electron chi connectivity index (χ2n) is 6.76. The molecule has 4 atom stereocenters. The molecule has 1 saturated carbocycles. The molecule has 2 fully saturated rings. The van der Waals surface area contributed by atoms with E-state index in [4.69, 9.17) is 0 Å². The molecule has 2 amide bonds. The van der Waals surface area contributed by atoms with Gasteiger partial charge >= 0.3 is 0 Å². The summed E-state index contributed by atoms with van der Waals surface area (Å²) in [5.41, 5.74) is 1.10. The normalized spacial score (nSPS) is 30.4. The summed E-state index contributed by atoms with van der Waals surface area (Å²) in [6.45, 7) is 0. The Labute approximate surface area is 138 Å². The first-order valence-corrected chi connectivity index (χ1v) is 8.24. The van der Waals surface area contributed by atoms with Crippen molar-refractivity contribution in [1.29, 1.82) is 0 Å². The zero-order valence-electron chi connectivity index (χ0n) is 12.9. The van der Waals surface area contributed by atoms with Crippen LogP contribution in [0.1, 0.15) is 17.8 Å². The largest absolute Gasteiger partial charge is 0.274 e. The predicted molar refractivity (Wildman–Crippen MR) is 85.8 cm³/mol. The van der Waals surface area contributed by atoms with Crippen LogP contribution in [-0.2, 0) is 16.0 Å². The van der Waals surface area contributed by atoms with Gasteiger partial charge in [-0.15, -0.1) is 5.10 Å². The van der Waals surface area contributed by atoms with Gasteiger partial charge in [0, 0.05) is 6.42 Å². The fraction of sp³-hybridized carbons (Fsp3) is 0.333. The number of nitrogens with zero attached hydrogens (tertiary/aromatic N) is 3. The Bertz CT molecular complexity index is 827. The van der Waals surface area contributed by atoms with Crippen LogP contribution >= 0.6 is 0 Å². The van der Waals surface area contributed by atoms with E-state index in [1.54, 1.807) is 0 Å². The minimum Gasteiger partial charge on any atom is -0.274 e. The van der Waals surface area contributed by atoms with Crippen molar-refractivity contribution >= 4 is 17.8 Å². The number of aromatic nitrogens is 3. The molecule has 6 heteroatoms. The van der Waals surface area contributed by atoms with E-state index >= 15 is 0 Å². The summed E-state index contributed by atoms with van der Waals surface area (Å²) in [6.07, 6.45) is 5.68. The Kier molecular flexibility index (Phi) is 2.77. The molecule has 0 spiro atoms. The van der Waals surface area contributed by atoms with Gasteiger partial charge < -0.3 is 0 Å². The third-order valence-electron chi connectivity index (χ3n) is 5.40. The maximum absolute atomic E-state index is 12.7. The lowest BCUT2D eigenvalue weighted by molar-refractivity contribution is -0.123. The molecule has 1 N–H and O–H groups in total. The van der Waals surface area contributed by atoms with Crippen LogP contribution in [0.25, 0.3) is 0 Å². The van der Waals surface area contributed by atoms with Crippen LogP contribution in [-0.4, -0.2) is 27.0 Å². The Morgan fingerprint density at radius 2 is 1.71 bits per heavy atom. The number of hydrogen-bond donors (Lipinski definition) is 1. The van der Waals surface area contributed by atoms with Crippen molar-refractivity contribution < 1.29 is 9.59 Å². The molecular formula is C18H16N4O2. The maximum atomic E-state index is 12.7. The van der Waals surface area contributed by atoms with E-state index in [0.29, 0.717) is 12.2 Å². The molecule has 2 bridgehead atoms. The number of anilines is 1. The Balaban J connectivity index is 1.42. The number of carbonyl (C=O) groups excluding carboxylic acids is 2. The van der Waals surface area contributed by atoms with Crippen molar-refractivity contribution in [2.75, 3.05) is 4.90 Å². The Morgan fingerprint density at radius 3 is 2.38 bits per heavy atom. The zero-order valence-corrected chi connectivity index (χ0v) is 12.9. The highest BCUT2D eigenvalue weighted by molar-refractivity contribution is 6.21. The lowest BCUT2D eigenvalue weighted by Gasteiger charge is -2.14. The van der Waals surface area contributed by atoms with E-state index in [9.17, 15) is 9.59 Å². The van der Waals surface area contributed by atoms with Gasteiger partial charge in [-0.1, -0.05) is 42.5 Å². The minimum atomic E-state index is -0.219. The van der Waals surface area contributed by atoms with Crippen molar-refractivity contribution in [3.63, 3.8) is 0 Å². The fourth-order valence-corrected chi connectivity index (χ4v) is 4.35. The highest BCUT2D eigenvalue weighted by atomic mass is 16.2. The van der Waals surface area contributed by atoms with Gasteiger partial charge in [0.2, 0.25) is 11.8 Å². The highest BCUT2D eigenvalue weighted by Gasteiger charge is 2.60. The second-order valence-corrected chi connectivity index (χ2v) is 6.76. The third-order valence-corrected chi connectivity index (χ3v) is 5.40. The van der Waals surface area contributed by atoms with Crippen LogP contribution in [0.5, 0.6) is 0 Å². The molecule has 0 radical (unpaired) electrons. The average molecular weight is 320 g/mol. The van der Waals surface area contributed by atoms with Crippen LogP contribution < -0.4 is 4.90 Å². The molecule has 24 heavy (non-hydrogen) atoms. The van der Waals surface area contributed by atoms with E-state index in [1.807, 2.05) is 30.3 Å². The molecule has 2 aromatic rings. The number of aromatic amines is 1. The van der Waals surface area contributed by atoms with Gasteiger partial charge in [-0.3, -0.25) is 14.7 Å². The molecule has 5 rings (SSSR count). The number of carbonyl (C=O) groups is 2. The number of H-pyrrole nitrogens is 1. The van der Waals surface area contributed by atoms with E-state index in [1.165, 1.54) is 4.90 Å². The lowest BCUT2D eigenvalue weighted by Crippen LogP contribution is -2.33. The molecule has 1 aromatic heterocycles. The number of fused-ring (bicyclic) bond motifs is 5. The molecule has 4 unspecified atom stereocenters. The molecule has 120 valence electrons. The number of hydrogen-bond acceptors (Lipinski definition) is 4. The summed E-state index contributed by atoms with van der Waals surface area (Å²) in [7, 11) is 0. The molecule has 1 saturated heterocycles. The van der Waals surface area contributed by atoms with Crippen molar-refractivity contribution in [1.82, 2.24) is 15.2 Å². The molecule has 1 aliphatic heterocycles. The molecule has 6 nitrogen and oxygen atoms in total. The maximum Gasteiger partial charge on any atom is 0.258 e.